The van der Waals surface area contributed by atoms with Crippen LogP contribution in [0.1, 0.15) is 31.2 Å². The number of halogens is 2. The maximum Gasteiger partial charge on any atom is 0.235 e. The number of isocyanates is 1. The lowest BCUT2D eigenvalue weighted by atomic mass is 9.88. The van der Waals surface area contributed by atoms with Crippen LogP contribution < -0.4 is 4.74 Å². The summed E-state index contributed by atoms with van der Waals surface area (Å²) in [5.41, 5.74) is -0.397. The fraction of sp³-hybridized carbons (Fsp3) is 0.462. The van der Waals surface area contributed by atoms with Crippen molar-refractivity contribution < 1.29 is 18.3 Å². The van der Waals surface area contributed by atoms with Crippen molar-refractivity contribution in [3.05, 3.63) is 29.3 Å². The van der Waals surface area contributed by atoms with Gasteiger partial charge in [0.25, 0.3) is 0 Å². The Kier molecular flexibility index (Phi) is 3.43. The van der Waals surface area contributed by atoms with Gasteiger partial charge in [0.05, 0.1) is 7.11 Å². The molecule has 5 heteroatoms. The van der Waals surface area contributed by atoms with Crippen LogP contribution >= 0.6 is 0 Å². The molecule has 0 aliphatic heterocycles. The van der Waals surface area contributed by atoms with Gasteiger partial charge in [0.1, 0.15) is 5.54 Å². The van der Waals surface area contributed by atoms with Gasteiger partial charge in [-0.3, -0.25) is 0 Å². The van der Waals surface area contributed by atoms with E-state index in [0.29, 0.717) is 18.4 Å². The van der Waals surface area contributed by atoms with Crippen LogP contribution in [-0.4, -0.2) is 13.2 Å². The van der Waals surface area contributed by atoms with Crippen molar-refractivity contribution in [3.8, 4) is 5.75 Å². The van der Waals surface area contributed by atoms with Gasteiger partial charge in [0.2, 0.25) is 11.9 Å². The number of nitrogens with zero attached hydrogens (tertiary/aromatic N) is 1. The highest BCUT2D eigenvalue weighted by atomic mass is 19.2. The summed E-state index contributed by atoms with van der Waals surface area (Å²) in [5, 5.41) is 0. The van der Waals surface area contributed by atoms with Crippen LogP contribution in [0.2, 0.25) is 0 Å². The van der Waals surface area contributed by atoms with Crippen LogP contribution in [0.3, 0.4) is 0 Å². The largest absolute Gasteiger partial charge is 0.493 e. The van der Waals surface area contributed by atoms with E-state index in [4.69, 9.17) is 4.74 Å². The number of rotatable bonds is 3. The molecule has 0 bridgehead atoms. The van der Waals surface area contributed by atoms with Gasteiger partial charge in [0, 0.05) is 5.56 Å². The number of methoxy groups -OCH3 is 1. The molecule has 0 radical (unpaired) electrons. The van der Waals surface area contributed by atoms with Crippen molar-refractivity contribution in [1.82, 2.24) is 0 Å². The van der Waals surface area contributed by atoms with Crippen molar-refractivity contribution in [2.24, 2.45) is 4.99 Å². The van der Waals surface area contributed by atoms with E-state index < -0.39 is 17.2 Å². The molecule has 0 aromatic heterocycles. The lowest BCUT2D eigenvalue weighted by molar-refractivity contribution is 0.346. The molecule has 3 nitrogen and oxygen atoms in total. The molecule has 1 aliphatic carbocycles. The molecular weight excluding hydrogens is 240 g/mol. The molecule has 0 atom stereocenters. The summed E-state index contributed by atoms with van der Waals surface area (Å²) in [6.45, 7) is 0. The molecule has 0 unspecified atom stereocenters. The van der Waals surface area contributed by atoms with E-state index in [9.17, 15) is 13.6 Å². The molecule has 1 fully saturated rings. The maximum atomic E-state index is 13.7. The van der Waals surface area contributed by atoms with Gasteiger partial charge in [-0.25, -0.2) is 9.18 Å². The Morgan fingerprint density at radius 1 is 1.33 bits per heavy atom. The molecule has 0 N–H and O–H groups in total. The summed E-state index contributed by atoms with van der Waals surface area (Å²) >= 11 is 0. The average molecular weight is 253 g/mol. The highest BCUT2D eigenvalue weighted by Gasteiger charge is 2.39. The minimum absolute atomic E-state index is 0.170. The van der Waals surface area contributed by atoms with Crippen molar-refractivity contribution in [2.45, 2.75) is 31.2 Å². The minimum atomic E-state index is -1.04. The predicted molar refractivity (Wildman–Crippen MR) is 61.2 cm³/mol. The molecular formula is C13H13F2NO2. The molecule has 1 aliphatic rings. The van der Waals surface area contributed by atoms with Crippen LogP contribution in [0.4, 0.5) is 8.78 Å². The molecule has 0 saturated heterocycles. The van der Waals surface area contributed by atoms with Crippen LogP contribution in [0, 0.1) is 11.6 Å². The maximum absolute atomic E-state index is 13.7. The zero-order valence-electron chi connectivity index (χ0n) is 10.0. The average Bonchev–Trinajstić information content (AvgIpc) is 2.82. The topological polar surface area (TPSA) is 38.7 Å². The van der Waals surface area contributed by atoms with Crippen LogP contribution in [0.5, 0.6) is 5.75 Å². The first-order valence-corrected chi connectivity index (χ1v) is 5.76. The molecule has 1 saturated carbocycles. The van der Waals surface area contributed by atoms with Crippen LogP contribution in [0.25, 0.3) is 0 Å². The number of hydrogen-bond donors (Lipinski definition) is 0. The third-order valence-corrected chi connectivity index (χ3v) is 3.45. The Morgan fingerprint density at radius 2 is 2.00 bits per heavy atom. The van der Waals surface area contributed by atoms with Crippen LogP contribution in [-0.2, 0) is 10.3 Å². The summed E-state index contributed by atoms with van der Waals surface area (Å²) in [5.74, 6) is -2.18. The molecule has 0 amide bonds. The van der Waals surface area contributed by atoms with Crippen molar-refractivity contribution >= 4 is 6.08 Å². The van der Waals surface area contributed by atoms with Crippen molar-refractivity contribution in [2.75, 3.05) is 7.11 Å². The highest BCUT2D eigenvalue weighted by molar-refractivity contribution is 5.45. The van der Waals surface area contributed by atoms with Crippen molar-refractivity contribution in [1.29, 1.82) is 0 Å². The lowest BCUT2D eigenvalue weighted by Crippen LogP contribution is -2.20. The quantitative estimate of drug-likeness (QED) is 0.613. The first kappa shape index (κ1) is 12.7. The van der Waals surface area contributed by atoms with Gasteiger partial charge in [0.15, 0.2) is 11.6 Å². The second-order valence-corrected chi connectivity index (χ2v) is 4.38. The normalized spacial score (nSPS) is 17.3. The standard InChI is InChI=1S/C13H13F2NO2/c1-18-12-9(4-5-10(14)11(12)15)13(16-8-17)6-2-3-7-13/h4-5H,2-3,6-7H2,1H3. The summed E-state index contributed by atoms with van der Waals surface area (Å²) in [6, 6.07) is 2.47. The SMILES string of the molecule is COc1c(C2(N=C=O)CCCC2)ccc(F)c1F. The highest BCUT2D eigenvalue weighted by Crippen LogP contribution is 2.46. The number of aliphatic imine (C=N–C) groups is 1. The summed E-state index contributed by atoms with van der Waals surface area (Å²) in [4.78, 5) is 14.4. The van der Waals surface area contributed by atoms with E-state index in [1.54, 1.807) is 0 Å². The number of ether oxygens (including phenoxy) is 1. The van der Waals surface area contributed by atoms with Crippen molar-refractivity contribution in [3.63, 3.8) is 0 Å². The molecule has 0 heterocycles. The summed E-state index contributed by atoms with van der Waals surface area (Å²) < 4.78 is 31.8. The van der Waals surface area contributed by atoms with Gasteiger partial charge in [-0.15, -0.1) is 0 Å². The lowest BCUT2D eigenvalue weighted by Gasteiger charge is -2.25. The molecule has 96 valence electrons. The molecule has 0 spiro atoms. The monoisotopic (exact) mass is 253 g/mol. The first-order valence-electron chi connectivity index (χ1n) is 5.76. The van der Waals surface area contributed by atoms with Gasteiger partial charge in [-0.2, -0.15) is 9.38 Å². The van der Waals surface area contributed by atoms with Crippen LogP contribution in [0.15, 0.2) is 17.1 Å². The number of benzene rings is 1. The van der Waals surface area contributed by atoms with E-state index in [2.05, 4.69) is 4.99 Å². The second kappa shape index (κ2) is 4.86. The van der Waals surface area contributed by atoms with E-state index in [1.807, 2.05) is 0 Å². The smallest absolute Gasteiger partial charge is 0.235 e. The predicted octanol–water partition coefficient (Wildman–Crippen LogP) is 3.08. The Balaban J connectivity index is 2.62. The third kappa shape index (κ3) is 1.91. The Morgan fingerprint density at radius 3 is 2.56 bits per heavy atom. The third-order valence-electron chi connectivity index (χ3n) is 3.45. The van der Waals surface area contributed by atoms with Gasteiger partial charge in [-0.05, 0) is 25.0 Å². The number of hydrogen-bond acceptors (Lipinski definition) is 3. The van der Waals surface area contributed by atoms with E-state index in [0.717, 1.165) is 18.9 Å². The fourth-order valence-electron chi connectivity index (χ4n) is 2.59. The first-order chi connectivity index (χ1) is 8.64. The Bertz CT molecular complexity index is 504. The Labute approximate surface area is 103 Å². The molecule has 18 heavy (non-hydrogen) atoms. The van der Waals surface area contributed by atoms with Gasteiger partial charge >= 0.3 is 0 Å². The van der Waals surface area contributed by atoms with Gasteiger partial charge in [-0.1, -0.05) is 12.8 Å². The van der Waals surface area contributed by atoms with E-state index in [-0.39, 0.29) is 5.75 Å². The number of carbonyl (C=O) groups excluding carboxylic acids is 1. The second-order valence-electron chi connectivity index (χ2n) is 4.38. The van der Waals surface area contributed by atoms with E-state index >= 15 is 0 Å². The zero-order chi connectivity index (χ0) is 13.2. The molecule has 1 aromatic carbocycles. The molecule has 2 rings (SSSR count). The zero-order valence-corrected chi connectivity index (χ0v) is 10.0. The minimum Gasteiger partial charge on any atom is -0.493 e. The summed E-state index contributed by atoms with van der Waals surface area (Å²) in [6.07, 6.45) is 4.53. The summed E-state index contributed by atoms with van der Waals surface area (Å²) in [7, 11) is 1.27. The molecule has 1 aromatic rings. The fourth-order valence-corrected chi connectivity index (χ4v) is 2.59. The Hall–Kier alpha value is -1.74. The van der Waals surface area contributed by atoms with E-state index in [1.165, 1.54) is 19.3 Å². The van der Waals surface area contributed by atoms with Gasteiger partial charge < -0.3 is 4.74 Å².